The third-order valence-electron chi connectivity index (χ3n) is 2.56. The van der Waals surface area contributed by atoms with Crippen LogP contribution in [0.3, 0.4) is 0 Å². The fraction of sp³-hybridized carbons (Fsp3) is 0.0769. The van der Waals surface area contributed by atoms with Gasteiger partial charge >= 0.3 is 0 Å². The molecule has 0 radical (unpaired) electrons. The van der Waals surface area contributed by atoms with Crippen LogP contribution in [-0.2, 0) is 6.54 Å². The van der Waals surface area contributed by atoms with Gasteiger partial charge in [-0.15, -0.1) is 0 Å². The zero-order valence-corrected chi connectivity index (χ0v) is 11.3. The summed E-state index contributed by atoms with van der Waals surface area (Å²) in [6.07, 6.45) is 0. The summed E-state index contributed by atoms with van der Waals surface area (Å²) in [5.41, 5.74) is 7.00. The molecular formula is C13H10BrF3N2. The number of rotatable bonds is 3. The van der Waals surface area contributed by atoms with E-state index in [1.54, 1.807) is 0 Å². The van der Waals surface area contributed by atoms with Crippen molar-refractivity contribution in [3.8, 4) is 0 Å². The van der Waals surface area contributed by atoms with E-state index in [1.807, 2.05) is 0 Å². The van der Waals surface area contributed by atoms with E-state index in [2.05, 4.69) is 21.2 Å². The second-order valence-electron chi connectivity index (χ2n) is 3.96. The molecule has 100 valence electrons. The minimum atomic E-state index is -0.922. The molecule has 2 aromatic rings. The molecule has 6 heteroatoms. The van der Waals surface area contributed by atoms with Crippen molar-refractivity contribution in [2.45, 2.75) is 6.54 Å². The highest BCUT2D eigenvalue weighted by Crippen LogP contribution is 2.26. The largest absolute Gasteiger partial charge is 0.397 e. The summed E-state index contributed by atoms with van der Waals surface area (Å²) >= 11 is 3.02. The summed E-state index contributed by atoms with van der Waals surface area (Å²) in [4.78, 5) is 0. The van der Waals surface area contributed by atoms with Gasteiger partial charge < -0.3 is 11.1 Å². The van der Waals surface area contributed by atoms with E-state index in [0.717, 1.165) is 12.1 Å². The average Bonchev–Trinajstić information content (AvgIpc) is 2.36. The van der Waals surface area contributed by atoms with Crippen molar-refractivity contribution < 1.29 is 13.2 Å². The molecule has 0 unspecified atom stereocenters. The first-order valence-electron chi connectivity index (χ1n) is 5.39. The lowest BCUT2D eigenvalue weighted by atomic mass is 10.2. The molecule has 0 saturated carbocycles. The molecule has 2 rings (SSSR count). The van der Waals surface area contributed by atoms with Gasteiger partial charge in [-0.3, -0.25) is 0 Å². The molecule has 2 nitrogen and oxygen atoms in total. The van der Waals surface area contributed by atoms with Crippen molar-refractivity contribution in [3.63, 3.8) is 0 Å². The summed E-state index contributed by atoms with van der Waals surface area (Å²) in [5.74, 6) is -2.28. The maximum Gasteiger partial charge on any atom is 0.159 e. The number of nitrogen functional groups attached to an aromatic ring is 1. The van der Waals surface area contributed by atoms with Crippen LogP contribution >= 0.6 is 15.9 Å². The molecule has 0 heterocycles. The quantitative estimate of drug-likeness (QED) is 0.833. The van der Waals surface area contributed by atoms with Gasteiger partial charge in [0.15, 0.2) is 11.6 Å². The normalized spacial score (nSPS) is 10.5. The summed E-state index contributed by atoms with van der Waals surface area (Å²) in [7, 11) is 0. The number of hydrogen-bond acceptors (Lipinski definition) is 2. The van der Waals surface area contributed by atoms with Gasteiger partial charge in [-0.05, 0) is 39.7 Å². The Labute approximate surface area is 116 Å². The summed E-state index contributed by atoms with van der Waals surface area (Å²) < 4.78 is 39.4. The molecule has 0 aliphatic rings. The lowest BCUT2D eigenvalue weighted by Gasteiger charge is -2.10. The van der Waals surface area contributed by atoms with Crippen LogP contribution in [0.4, 0.5) is 24.5 Å². The summed E-state index contributed by atoms with van der Waals surface area (Å²) in [6, 6.07) is 6.23. The molecule has 0 spiro atoms. The van der Waals surface area contributed by atoms with Gasteiger partial charge in [0.2, 0.25) is 0 Å². The monoisotopic (exact) mass is 330 g/mol. The maximum atomic E-state index is 13.4. The van der Waals surface area contributed by atoms with Gasteiger partial charge in [-0.2, -0.15) is 0 Å². The second-order valence-corrected chi connectivity index (χ2v) is 4.81. The van der Waals surface area contributed by atoms with Crippen molar-refractivity contribution in [1.82, 2.24) is 0 Å². The Morgan fingerprint density at radius 2 is 1.74 bits per heavy atom. The van der Waals surface area contributed by atoms with Crippen LogP contribution in [0, 0.1) is 17.5 Å². The molecule has 0 fully saturated rings. The Morgan fingerprint density at radius 1 is 1.00 bits per heavy atom. The van der Waals surface area contributed by atoms with E-state index in [1.165, 1.54) is 18.2 Å². The van der Waals surface area contributed by atoms with E-state index in [9.17, 15) is 13.2 Å². The lowest BCUT2D eigenvalue weighted by Crippen LogP contribution is -2.04. The minimum absolute atomic E-state index is 0.211. The van der Waals surface area contributed by atoms with E-state index in [0.29, 0.717) is 16.9 Å². The smallest absolute Gasteiger partial charge is 0.159 e. The second kappa shape index (κ2) is 5.52. The van der Waals surface area contributed by atoms with Crippen molar-refractivity contribution in [1.29, 1.82) is 0 Å². The van der Waals surface area contributed by atoms with Gasteiger partial charge in [0.25, 0.3) is 0 Å². The van der Waals surface area contributed by atoms with E-state index >= 15 is 0 Å². The fourth-order valence-electron chi connectivity index (χ4n) is 1.56. The zero-order chi connectivity index (χ0) is 14.0. The number of halogens is 4. The van der Waals surface area contributed by atoms with Crippen molar-refractivity contribution in [3.05, 3.63) is 57.8 Å². The van der Waals surface area contributed by atoms with E-state index in [4.69, 9.17) is 5.73 Å². The number of nitrogens with one attached hydrogen (secondary N) is 1. The topological polar surface area (TPSA) is 38.0 Å². The summed E-state index contributed by atoms with van der Waals surface area (Å²) in [6.45, 7) is 0.211. The summed E-state index contributed by atoms with van der Waals surface area (Å²) in [5, 5.41) is 2.87. The van der Waals surface area contributed by atoms with Gasteiger partial charge in [-0.1, -0.05) is 6.07 Å². The zero-order valence-electron chi connectivity index (χ0n) is 9.68. The van der Waals surface area contributed by atoms with E-state index < -0.39 is 17.5 Å². The van der Waals surface area contributed by atoms with Gasteiger partial charge in [-0.25, -0.2) is 13.2 Å². The third kappa shape index (κ3) is 3.20. The molecule has 2 aromatic carbocycles. The predicted molar refractivity (Wildman–Crippen MR) is 72.2 cm³/mol. The van der Waals surface area contributed by atoms with Crippen LogP contribution in [0.15, 0.2) is 34.8 Å². The first kappa shape index (κ1) is 13.7. The highest BCUT2D eigenvalue weighted by Gasteiger charge is 2.07. The number of anilines is 2. The van der Waals surface area contributed by atoms with Gasteiger partial charge in [0, 0.05) is 12.6 Å². The van der Waals surface area contributed by atoms with Gasteiger partial charge in [0.05, 0.1) is 15.8 Å². The molecule has 0 amide bonds. The highest BCUT2D eigenvalue weighted by atomic mass is 79.9. The molecule has 0 aliphatic heterocycles. The van der Waals surface area contributed by atoms with Crippen molar-refractivity contribution in [2.75, 3.05) is 11.1 Å². The average molecular weight is 331 g/mol. The molecule has 19 heavy (non-hydrogen) atoms. The third-order valence-corrected chi connectivity index (χ3v) is 3.17. The molecule has 0 atom stereocenters. The Bertz CT molecular complexity index is 617. The first-order valence-corrected chi connectivity index (χ1v) is 6.19. The first-order chi connectivity index (χ1) is 8.97. The Morgan fingerprint density at radius 3 is 2.42 bits per heavy atom. The SMILES string of the molecule is Nc1cc(Br)c(F)cc1NCc1ccc(F)c(F)c1. The predicted octanol–water partition coefficient (Wildman–Crippen LogP) is 4.06. The van der Waals surface area contributed by atoms with E-state index in [-0.39, 0.29) is 11.0 Å². The molecule has 0 bridgehead atoms. The molecule has 0 saturated heterocycles. The Kier molecular flexibility index (Phi) is 3.99. The Balaban J connectivity index is 2.14. The van der Waals surface area contributed by atoms with Crippen molar-refractivity contribution >= 4 is 27.3 Å². The molecular weight excluding hydrogens is 321 g/mol. The van der Waals surface area contributed by atoms with Crippen LogP contribution in [0.5, 0.6) is 0 Å². The standard InChI is InChI=1S/C13H10BrF3N2/c14-8-4-12(18)13(5-10(8)16)19-6-7-1-2-9(15)11(17)3-7/h1-5,19H,6,18H2. The van der Waals surface area contributed by atoms with Crippen LogP contribution in [0.1, 0.15) is 5.56 Å². The Hall–Kier alpha value is -1.69. The van der Waals surface area contributed by atoms with Gasteiger partial charge in [0.1, 0.15) is 5.82 Å². The maximum absolute atomic E-state index is 13.4. The number of benzene rings is 2. The minimum Gasteiger partial charge on any atom is -0.397 e. The van der Waals surface area contributed by atoms with Crippen molar-refractivity contribution in [2.24, 2.45) is 0 Å². The van der Waals surface area contributed by atoms with Crippen LogP contribution in [0.2, 0.25) is 0 Å². The fourth-order valence-corrected chi connectivity index (χ4v) is 1.92. The lowest BCUT2D eigenvalue weighted by molar-refractivity contribution is 0.507. The number of hydrogen-bond donors (Lipinski definition) is 2. The van der Waals surface area contributed by atoms with Crippen LogP contribution in [0.25, 0.3) is 0 Å². The molecule has 0 aromatic heterocycles. The molecule has 3 N–H and O–H groups in total. The van der Waals surface area contributed by atoms with Crippen LogP contribution < -0.4 is 11.1 Å². The molecule has 0 aliphatic carbocycles. The van der Waals surface area contributed by atoms with Crippen LogP contribution in [-0.4, -0.2) is 0 Å². The highest BCUT2D eigenvalue weighted by molar-refractivity contribution is 9.10. The number of nitrogens with two attached hydrogens (primary N) is 1.